The number of hydrogen-bond donors (Lipinski definition) is 0. The second-order valence-corrected chi connectivity index (χ2v) is 7.65. The van der Waals surface area contributed by atoms with Crippen molar-refractivity contribution >= 4 is 0 Å². The fourth-order valence-electron chi connectivity index (χ4n) is 3.82. The second kappa shape index (κ2) is 10.8. The van der Waals surface area contributed by atoms with Crippen LogP contribution >= 0.6 is 0 Å². The maximum atomic E-state index is 14.2. The summed E-state index contributed by atoms with van der Waals surface area (Å²) in [4.78, 5) is 0. The van der Waals surface area contributed by atoms with Crippen LogP contribution in [0.1, 0.15) is 83.6 Å². The Bertz CT molecular complexity index is 507. The Morgan fingerprint density at radius 3 is 2.24 bits per heavy atom. The lowest BCUT2D eigenvalue weighted by Gasteiger charge is -2.28. The smallest absolute Gasteiger partial charge is 0.200 e. The van der Waals surface area contributed by atoms with E-state index in [4.69, 9.17) is 4.74 Å². The lowest BCUT2D eigenvalue weighted by atomic mass is 9.80. The number of halogens is 2. The van der Waals surface area contributed by atoms with Crippen LogP contribution < -0.4 is 4.74 Å². The Hall–Kier alpha value is -1.12. The molecule has 0 unspecified atom stereocenters. The summed E-state index contributed by atoms with van der Waals surface area (Å²) in [5.41, 5.74) is 0.458. The van der Waals surface area contributed by atoms with E-state index in [1.165, 1.54) is 38.5 Å². The molecule has 0 atom stereocenters. The zero-order chi connectivity index (χ0) is 18.1. The van der Waals surface area contributed by atoms with Crippen molar-refractivity contribution in [2.24, 2.45) is 11.8 Å². The van der Waals surface area contributed by atoms with Crippen LogP contribution in [0.4, 0.5) is 8.78 Å². The predicted molar refractivity (Wildman–Crippen MR) is 100 cm³/mol. The molecular formula is C22H34F2O. The standard InChI is InChI=1S/C22H34F2O/c1-3-5-7-8-17-10-12-18(13-11-17)16-25-20-15-14-19(9-6-4-2)21(23)22(20)24/h14-15,17-18H,3-13,16H2,1-2H3. The number of hydrogen-bond acceptors (Lipinski definition) is 1. The van der Waals surface area contributed by atoms with Crippen molar-refractivity contribution in [3.63, 3.8) is 0 Å². The first-order valence-corrected chi connectivity index (χ1v) is 10.2. The zero-order valence-electron chi connectivity index (χ0n) is 16.0. The maximum absolute atomic E-state index is 14.2. The minimum atomic E-state index is -0.818. The van der Waals surface area contributed by atoms with Gasteiger partial charge in [0.25, 0.3) is 0 Å². The van der Waals surface area contributed by atoms with E-state index in [2.05, 4.69) is 6.92 Å². The Labute approximate surface area is 152 Å². The molecule has 0 bridgehead atoms. The fourth-order valence-corrected chi connectivity index (χ4v) is 3.82. The van der Waals surface area contributed by atoms with E-state index in [-0.39, 0.29) is 5.75 Å². The second-order valence-electron chi connectivity index (χ2n) is 7.65. The van der Waals surface area contributed by atoms with E-state index in [1.54, 1.807) is 12.1 Å². The van der Waals surface area contributed by atoms with Crippen LogP contribution in [0, 0.1) is 23.5 Å². The van der Waals surface area contributed by atoms with Crippen molar-refractivity contribution in [2.75, 3.05) is 6.61 Å². The molecule has 0 radical (unpaired) electrons. The van der Waals surface area contributed by atoms with Gasteiger partial charge in [-0.1, -0.05) is 64.9 Å². The minimum Gasteiger partial charge on any atom is -0.490 e. The van der Waals surface area contributed by atoms with Crippen LogP contribution in [0.2, 0.25) is 0 Å². The molecule has 2 rings (SSSR count). The van der Waals surface area contributed by atoms with Gasteiger partial charge in [-0.05, 0) is 49.1 Å². The van der Waals surface area contributed by atoms with Gasteiger partial charge < -0.3 is 4.74 Å². The highest BCUT2D eigenvalue weighted by molar-refractivity contribution is 5.31. The van der Waals surface area contributed by atoms with Crippen LogP contribution in [0.25, 0.3) is 0 Å². The van der Waals surface area contributed by atoms with E-state index in [0.717, 1.165) is 31.6 Å². The third-order valence-electron chi connectivity index (χ3n) is 5.58. The van der Waals surface area contributed by atoms with Crippen molar-refractivity contribution in [3.8, 4) is 5.75 Å². The van der Waals surface area contributed by atoms with Gasteiger partial charge in [-0.2, -0.15) is 4.39 Å². The highest BCUT2D eigenvalue weighted by Crippen LogP contribution is 2.33. The van der Waals surface area contributed by atoms with Crippen LogP contribution in [0.15, 0.2) is 12.1 Å². The topological polar surface area (TPSA) is 9.23 Å². The van der Waals surface area contributed by atoms with Gasteiger partial charge in [0.1, 0.15) is 0 Å². The zero-order valence-corrected chi connectivity index (χ0v) is 16.0. The average molecular weight is 353 g/mol. The SMILES string of the molecule is CCCCCC1CCC(COc2ccc(CCCC)c(F)c2F)CC1. The summed E-state index contributed by atoms with van der Waals surface area (Å²) in [7, 11) is 0. The lowest BCUT2D eigenvalue weighted by molar-refractivity contribution is 0.172. The van der Waals surface area contributed by atoms with Gasteiger partial charge in [0.15, 0.2) is 11.6 Å². The molecule has 1 aromatic carbocycles. The molecule has 1 saturated carbocycles. The first-order valence-electron chi connectivity index (χ1n) is 10.2. The van der Waals surface area contributed by atoms with E-state index in [0.29, 0.717) is 24.5 Å². The minimum absolute atomic E-state index is 0.0721. The summed E-state index contributed by atoms with van der Waals surface area (Å²) >= 11 is 0. The van der Waals surface area contributed by atoms with Gasteiger partial charge in [0.2, 0.25) is 5.82 Å². The van der Waals surface area contributed by atoms with Gasteiger partial charge in [-0.25, -0.2) is 4.39 Å². The normalized spacial score (nSPS) is 20.6. The first-order chi connectivity index (χ1) is 12.2. The summed E-state index contributed by atoms with van der Waals surface area (Å²) in [5.74, 6) is -0.144. The van der Waals surface area contributed by atoms with Crippen LogP contribution in [0.5, 0.6) is 5.75 Å². The predicted octanol–water partition coefficient (Wildman–Crippen LogP) is 7.07. The molecular weight excluding hydrogens is 318 g/mol. The Morgan fingerprint density at radius 1 is 0.880 bits per heavy atom. The highest BCUT2D eigenvalue weighted by atomic mass is 19.2. The number of benzene rings is 1. The monoisotopic (exact) mass is 352 g/mol. The maximum Gasteiger partial charge on any atom is 0.200 e. The Kier molecular flexibility index (Phi) is 8.71. The third kappa shape index (κ3) is 6.27. The van der Waals surface area contributed by atoms with Gasteiger partial charge in [-0.3, -0.25) is 0 Å². The summed E-state index contributed by atoms with van der Waals surface area (Å²) in [6.07, 6.45) is 12.5. The first kappa shape index (κ1) is 20.2. The molecule has 0 aliphatic heterocycles. The molecule has 1 aliphatic rings. The fraction of sp³-hybridized carbons (Fsp3) is 0.727. The molecule has 142 valence electrons. The number of aryl methyl sites for hydroxylation is 1. The van der Waals surface area contributed by atoms with Crippen molar-refractivity contribution in [3.05, 3.63) is 29.3 Å². The molecule has 1 aliphatic carbocycles. The lowest BCUT2D eigenvalue weighted by Crippen LogP contribution is -2.20. The molecule has 0 heterocycles. The van der Waals surface area contributed by atoms with Gasteiger partial charge >= 0.3 is 0 Å². The molecule has 1 aromatic rings. The summed E-state index contributed by atoms with van der Waals surface area (Å²) in [5, 5.41) is 0. The van der Waals surface area contributed by atoms with Crippen LogP contribution in [-0.4, -0.2) is 6.61 Å². The van der Waals surface area contributed by atoms with Crippen molar-refractivity contribution in [1.29, 1.82) is 0 Å². The molecule has 0 aromatic heterocycles. The number of rotatable bonds is 10. The molecule has 1 fully saturated rings. The molecule has 0 spiro atoms. The van der Waals surface area contributed by atoms with E-state index in [9.17, 15) is 8.78 Å². The van der Waals surface area contributed by atoms with Crippen molar-refractivity contribution in [2.45, 2.75) is 84.5 Å². The molecule has 0 saturated heterocycles. The highest BCUT2D eigenvalue weighted by Gasteiger charge is 2.22. The molecule has 0 N–H and O–H groups in total. The quantitative estimate of drug-likeness (QED) is 0.409. The largest absolute Gasteiger partial charge is 0.490 e. The number of unbranched alkanes of at least 4 members (excludes halogenated alkanes) is 3. The van der Waals surface area contributed by atoms with E-state index in [1.807, 2.05) is 6.92 Å². The third-order valence-corrected chi connectivity index (χ3v) is 5.58. The van der Waals surface area contributed by atoms with Gasteiger partial charge in [0, 0.05) is 0 Å². The molecule has 0 amide bonds. The summed E-state index contributed by atoms with van der Waals surface area (Å²) in [6.45, 7) is 4.79. The molecule has 1 nitrogen and oxygen atoms in total. The van der Waals surface area contributed by atoms with Crippen LogP contribution in [-0.2, 0) is 6.42 Å². The average Bonchev–Trinajstić information content (AvgIpc) is 2.63. The molecule has 3 heteroatoms. The van der Waals surface area contributed by atoms with E-state index < -0.39 is 11.6 Å². The van der Waals surface area contributed by atoms with E-state index >= 15 is 0 Å². The van der Waals surface area contributed by atoms with Gasteiger partial charge in [0.05, 0.1) is 6.61 Å². The Balaban J connectivity index is 1.77. The Morgan fingerprint density at radius 2 is 1.56 bits per heavy atom. The van der Waals surface area contributed by atoms with Crippen molar-refractivity contribution in [1.82, 2.24) is 0 Å². The summed E-state index contributed by atoms with van der Waals surface area (Å²) < 4.78 is 33.9. The molecule has 25 heavy (non-hydrogen) atoms. The van der Waals surface area contributed by atoms with Crippen molar-refractivity contribution < 1.29 is 13.5 Å². The van der Waals surface area contributed by atoms with Crippen LogP contribution in [0.3, 0.4) is 0 Å². The number of ether oxygens (including phenoxy) is 1. The summed E-state index contributed by atoms with van der Waals surface area (Å²) in [6, 6.07) is 3.27. The van der Waals surface area contributed by atoms with Gasteiger partial charge in [-0.15, -0.1) is 0 Å².